The molecule has 1 rings (SSSR count). The maximum Gasteiger partial charge on any atom is 0.222 e. The zero-order valence-electron chi connectivity index (χ0n) is 11.8. The van der Waals surface area contributed by atoms with Crippen LogP contribution in [0.5, 0.6) is 0 Å². The van der Waals surface area contributed by atoms with Crippen LogP contribution in [-0.2, 0) is 9.53 Å². The fourth-order valence-electron chi connectivity index (χ4n) is 1.86. The highest BCUT2D eigenvalue weighted by atomic mass is 16.5. The summed E-state index contributed by atoms with van der Waals surface area (Å²) in [6.07, 6.45) is 1.40. The van der Waals surface area contributed by atoms with Crippen molar-refractivity contribution in [3.05, 3.63) is 0 Å². The molecule has 5 nitrogen and oxygen atoms in total. The lowest BCUT2D eigenvalue weighted by Crippen LogP contribution is -2.45. The number of carbonyl (C=O) groups excluding carboxylic acids is 1. The van der Waals surface area contributed by atoms with Crippen molar-refractivity contribution in [2.75, 3.05) is 46.5 Å². The second-order valence-electron chi connectivity index (χ2n) is 5.49. The summed E-state index contributed by atoms with van der Waals surface area (Å²) in [6.45, 7) is 7.69. The lowest BCUT2D eigenvalue weighted by atomic mass is 10.0. The Labute approximate surface area is 110 Å². The largest absolute Gasteiger partial charge is 0.394 e. The van der Waals surface area contributed by atoms with E-state index in [1.165, 1.54) is 0 Å². The highest BCUT2D eigenvalue weighted by molar-refractivity contribution is 5.76. The lowest BCUT2D eigenvalue weighted by Gasteiger charge is -2.34. The zero-order chi connectivity index (χ0) is 13.6. The van der Waals surface area contributed by atoms with Crippen molar-refractivity contribution < 1.29 is 14.6 Å². The molecule has 1 heterocycles. The number of nitrogens with zero attached hydrogens (tertiary/aromatic N) is 2. The van der Waals surface area contributed by atoms with E-state index in [9.17, 15) is 9.90 Å². The standard InChI is InChI=1S/C13H26N2O3/c1-13(2,11-16)14(3)6-4-5-12(17)15-7-9-18-10-8-15/h16H,4-11H2,1-3H3. The molecule has 18 heavy (non-hydrogen) atoms. The van der Waals surface area contributed by atoms with Crippen LogP contribution in [0.25, 0.3) is 0 Å². The molecule has 0 aromatic carbocycles. The van der Waals surface area contributed by atoms with Crippen LogP contribution < -0.4 is 0 Å². The lowest BCUT2D eigenvalue weighted by molar-refractivity contribution is -0.135. The highest BCUT2D eigenvalue weighted by Crippen LogP contribution is 2.12. The number of morpholine rings is 1. The molecule has 1 aliphatic rings. The molecule has 1 saturated heterocycles. The first-order valence-electron chi connectivity index (χ1n) is 6.65. The van der Waals surface area contributed by atoms with Gasteiger partial charge in [-0.15, -0.1) is 0 Å². The maximum atomic E-state index is 11.9. The Balaban J connectivity index is 2.22. The molecule has 106 valence electrons. The third kappa shape index (κ3) is 4.55. The van der Waals surface area contributed by atoms with E-state index in [1.54, 1.807) is 0 Å². The Morgan fingerprint density at radius 1 is 1.39 bits per heavy atom. The molecule has 0 unspecified atom stereocenters. The van der Waals surface area contributed by atoms with Gasteiger partial charge in [0.05, 0.1) is 19.8 Å². The maximum absolute atomic E-state index is 11.9. The van der Waals surface area contributed by atoms with Crippen molar-refractivity contribution in [2.24, 2.45) is 0 Å². The summed E-state index contributed by atoms with van der Waals surface area (Å²) >= 11 is 0. The molecule has 1 aliphatic heterocycles. The number of likely N-dealkylation sites (N-methyl/N-ethyl adjacent to an activating group) is 1. The summed E-state index contributed by atoms with van der Waals surface area (Å²) in [5.41, 5.74) is -0.220. The zero-order valence-corrected chi connectivity index (χ0v) is 11.8. The third-order valence-corrected chi connectivity index (χ3v) is 3.67. The smallest absolute Gasteiger partial charge is 0.222 e. The van der Waals surface area contributed by atoms with E-state index in [2.05, 4.69) is 4.90 Å². The molecule has 0 aromatic rings. The number of aliphatic hydroxyl groups is 1. The first-order chi connectivity index (χ1) is 8.47. The summed E-state index contributed by atoms with van der Waals surface area (Å²) in [7, 11) is 1.98. The molecule has 0 aliphatic carbocycles. The van der Waals surface area contributed by atoms with E-state index >= 15 is 0 Å². The van der Waals surface area contributed by atoms with Gasteiger partial charge >= 0.3 is 0 Å². The molecule has 0 aromatic heterocycles. The van der Waals surface area contributed by atoms with Crippen molar-refractivity contribution in [3.8, 4) is 0 Å². The number of carbonyl (C=O) groups is 1. The molecule has 5 heteroatoms. The average molecular weight is 258 g/mol. The minimum absolute atomic E-state index is 0.126. The fourth-order valence-corrected chi connectivity index (χ4v) is 1.86. The van der Waals surface area contributed by atoms with Gasteiger partial charge in [-0.1, -0.05) is 0 Å². The van der Waals surface area contributed by atoms with Gasteiger partial charge in [0.25, 0.3) is 0 Å². The van der Waals surface area contributed by atoms with Crippen molar-refractivity contribution in [3.63, 3.8) is 0 Å². The van der Waals surface area contributed by atoms with E-state index in [4.69, 9.17) is 4.74 Å². The van der Waals surface area contributed by atoms with E-state index in [0.29, 0.717) is 19.6 Å². The van der Waals surface area contributed by atoms with Crippen LogP contribution in [0, 0.1) is 0 Å². The summed E-state index contributed by atoms with van der Waals surface area (Å²) in [6, 6.07) is 0. The Kier molecular flexibility index (Phi) is 6.05. The molecule has 1 N–H and O–H groups in total. The third-order valence-electron chi connectivity index (χ3n) is 3.67. The minimum atomic E-state index is -0.220. The fraction of sp³-hybridized carbons (Fsp3) is 0.923. The Bertz CT molecular complexity index is 263. The van der Waals surface area contributed by atoms with Crippen LogP contribution >= 0.6 is 0 Å². The summed E-state index contributed by atoms with van der Waals surface area (Å²) in [5, 5.41) is 9.25. The number of aliphatic hydroxyl groups excluding tert-OH is 1. The van der Waals surface area contributed by atoms with Gasteiger partial charge in [0, 0.05) is 25.0 Å². The SMILES string of the molecule is CN(CCCC(=O)N1CCOCC1)C(C)(C)CO. The second kappa shape index (κ2) is 7.07. The Morgan fingerprint density at radius 2 is 2.00 bits per heavy atom. The Hall–Kier alpha value is -0.650. The molecular formula is C13H26N2O3. The minimum Gasteiger partial charge on any atom is -0.394 e. The quantitative estimate of drug-likeness (QED) is 0.746. The van der Waals surface area contributed by atoms with Gasteiger partial charge in [-0.2, -0.15) is 0 Å². The van der Waals surface area contributed by atoms with Crippen molar-refractivity contribution in [1.82, 2.24) is 9.80 Å². The molecule has 1 fully saturated rings. The molecule has 1 amide bonds. The van der Waals surface area contributed by atoms with Gasteiger partial charge < -0.3 is 14.7 Å². The van der Waals surface area contributed by atoms with Crippen LogP contribution in [0.1, 0.15) is 26.7 Å². The molecule has 0 bridgehead atoms. The Morgan fingerprint density at radius 3 is 2.56 bits per heavy atom. The van der Waals surface area contributed by atoms with Crippen molar-refractivity contribution in [1.29, 1.82) is 0 Å². The number of hydrogen-bond donors (Lipinski definition) is 1. The first-order valence-corrected chi connectivity index (χ1v) is 6.65. The summed E-state index contributed by atoms with van der Waals surface area (Å²) in [5.74, 6) is 0.216. The van der Waals surface area contributed by atoms with E-state index in [1.807, 2.05) is 25.8 Å². The van der Waals surface area contributed by atoms with E-state index < -0.39 is 0 Å². The topological polar surface area (TPSA) is 53.0 Å². The van der Waals surface area contributed by atoms with E-state index in [-0.39, 0.29) is 18.1 Å². The molecule has 0 saturated carbocycles. The van der Waals surface area contributed by atoms with Gasteiger partial charge in [0.15, 0.2) is 0 Å². The summed E-state index contributed by atoms with van der Waals surface area (Å²) < 4.78 is 5.22. The number of rotatable bonds is 6. The van der Waals surface area contributed by atoms with Gasteiger partial charge in [0.1, 0.15) is 0 Å². The first kappa shape index (κ1) is 15.4. The number of ether oxygens (including phenoxy) is 1. The van der Waals surface area contributed by atoms with Crippen molar-refractivity contribution in [2.45, 2.75) is 32.2 Å². The van der Waals surface area contributed by atoms with Gasteiger partial charge in [0.2, 0.25) is 5.91 Å². The van der Waals surface area contributed by atoms with Gasteiger partial charge in [-0.3, -0.25) is 9.69 Å². The normalized spacial score (nSPS) is 17.3. The van der Waals surface area contributed by atoms with Gasteiger partial charge in [-0.25, -0.2) is 0 Å². The van der Waals surface area contributed by atoms with Crippen LogP contribution in [0.2, 0.25) is 0 Å². The average Bonchev–Trinajstić information content (AvgIpc) is 2.39. The van der Waals surface area contributed by atoms with Gasteiger partial charge in [-0.05, 0) is 33.9 Å². The van der Waals surface area contributed by atoms with E-state index in [0.717, 1.165) is 26.1 Å². The monoisotopic (exact) mass is 258 g/mol. The number of amides is 1. The predicted molar refractivity (Wildman–Crippen MR) is 70.4 cm³/mol. The summed E-state index contributed by atoms with van der Waals surface area (Å²) in [4.78, 5) is 15.9. The predicted octanol–water partition coefficient (Wildman–Crippen LogP) is 0.328. The van der Waals surface area contributed by atoms with Crippen LogP contribution in [-0.4, -0.2) is 72.9 Å². The second-order valence-corrected chi connectivity index (χ2v) is 5.49. The molecule has 0 spiro atoms. The molecular weight excluding hydrogens is 232 g/mol. The van der Waals surface area contributed by atoms with Crippen LogP contribution in [0.4, 0.5) is 0 Å². The van der Waals surface area contributed by atoms with Crippen LogP contribution in [0.15, 0.2) is 0 Å². The van der Waals surface area contributed by atoms with Crippen molar-refractivity contribution >= 4 is 5.91 Å². The molecule has 0 atom stereocenters. The number of hydrogen-bond acceptors (Lipinski definition) is 4. The van der Waals surface area contributed by atoms with Crippen LogP contribution in [0.3, 0.4) is 0 Å². The molecule has 0 radical (unpaired) electrons. The highest BCUT2D eigenvalue weighted by Gasteiger charge is 2.22.